The summed E-state index contributed by atoms with van der Waals surface area (Å²) in [6.07, 6.45) is 4.42. The first-order valence-corrected chi connectivity index (χ1v) is 9.94. The summed E-state index contributed by atoms with van der Waals surface area (Å²) >= 11 is 1.53. The van der Waals surface area contributed by atoms with Gasteiger partial charge in [-0.2, -0.15) is 0 Å². The molecule has 0 unspecified atom stereocenters. The van der Waals surface area contributed by atoms with Crippen LogP contribution in [0.2, 0.25) is 0 Å². The van der Waals surface area contributed by atoms with Gasteiger partial charge in [0.2, 0.25) is 5.91 Å². The molecule has 1 fully saturated rings. The number of benzene rings is 1. The van der Waals surface area contributed by atoms with Crippen LogP contribution in [0.25, 0.3) is 0 Å². The van der Waals surface area contributed by atoms with E-state index in [1.54, 1.807) is 17.3 Å². The molecule has 1 amide bonds. The van der Waals surface area contributed by atoms with Gasteiger partial charge in [0.1, 0.15) is 11.6 Å². The Bertz CT molecular complexity index is 809. The van der Waals surface area contributed by atoms with Crippen LogP contribution in [0.15, 0.2) is 42.7 Å². The number of carbonyl (C=O) groups is 2. The Kier molecular flexibility index (Phi) is 6.55. The van der Waals surface area contributed by atoms with Crippen LogP contribution < -0.4 is 0 Å². The number of carbonyl (C=O) groups excluding carboxylic acids is 2. The number of piperidine rings is 1. The van der Waals surface area contributed by atoms with Crippen LogP contribution >= 0.6 is 11.8 Å². The zero-order chi connectivity index (χ0) is 19.2. The number of likely N-dealkylation sites (tertiary alicyclic amines) is 1. The average molecular weight is 390 g/mol. The van der Waals surface area contributed by atoms with Crippen molar-refractivity contribution in [3.05, 3.63) is 65.5 Å². The smallest absolute Gasteiger partial charge is 0.232 e. The van der Waals surface area contributed by atoms with Crippen molar-refractivity contribution < 1.29 is 18.4 Å². The number of hydrogen-bond donors (Lipinski definition) is 0. The molecule has 3 rings (SSSR count). The number of nitrogens with zero attached hydrogens (tertiary/aromatic N) is 2. The number of thioether (sulfide) groups is 1. The summed E-state index contributed by atoms with van der Waals surface area (Å²) in [5, 5.41) is 0. The normalized spacial score (nSPS) is 15.0. The minimum Gasteiger partial charge on any atom is -0.342 e. The zero-order valence-corrected chi connectivity index (χ0v) is 15.6. The Balaban J connectivity index is 1.47. The number of pyridine rings is 1. The van der Waals surface area contributed by atoms with E-state index in [0.29, 0.717) is 37.4 Å². The molecule has 1 aromatic heterocycles. The van der Waals surface area contributed by atoms with Crippen molar-refractivity contribution in [1.82, 2.24) is 9.88 Å². The number of amides is 1. The highest BCUT2D eigenvalue weighted by molar-refractivity contribution is 7.99. The molecule has 4 nitrogen and oxygen atoms in total. The number of halogens is 2. The third-order valence-corrected chi connectivity index (χ3v) is 5.62. The van der Waals surface area contributed by atoms with Gasteiger partial charge in [-0.3, -0.25) is 14.6 Å². The topological polar surface area (TPSA) is 50.3 Å². The van der Waals surface area contributed by atoms with Crippen molar-refractivity contribution in [2.75, 3.05) is 18.8 Å². The quantitative estimate of drug-likeness (QED) is 0.706. The molecule has 2 heterocycles. The SMILES string of the molecule is O=C(c1cc(F)ccc1F)C1CCN(C(=O)CSCc2cccnc2)CC1. The van der Waals surface area contributed by atoms with Gasteiger partial charge in [-0.25, -0.2) is 8.78 Å². The minimum atomic E-state index is -0.702. The molecule has 0 saturated carbocycles. The molecular weight excluding hydrogens is 370 g/mol. The first-order chi connectivity index (χ1) is 13.0. The second-order valence-corrected chi connectivity index (χ2v) is 7.48. The molecular formula is C20H20F2N2O2S. The van der Waals surface area contributed by atoms with Crippen LogP contribution in [0.3, 0.4) is 0 Å². The minimum absolute atomic E-state index is 0.0340. The maximum Gasteiger partial charge on any atom is 0.232 e. The lowest BCUT2D eigenvalue weighted by molar-refractivity contribution is -0.129. The van der Waals surface area contributed by atoms with Crippen LogP contribution in [-0.4, -0.2) is 40.4 Å². The summed E-state index contributed by atoms with van der Waals surface area (Å²) in [4.78, 5) is 30.6. The molecule has 0 radical (unpaired) electrons. The van der Waals surface area contributed by atoms with Crippen LogP contribution in [0, 0.1) is 17.6 Å². The van der Waals surface area contributed by atoms with Gasteiger partial charge >= 0.3 is 0 Å². The summed E-state index contributed by atoms with van der Waals surface area (Å²) in [6.45, 7) is 0.916. The van der Waals surface area contributed by atoms with E-state index in [1.807, 2.05) is 12.1 Å². The van der Waals surface area contributed by atoms with Gasteiger partial charge in [-0.1, -0.05) is 6.07 Å². The predicted molar refractivity (Wildman–Crippen MR) is 100 cm³/mol. The second-order valence-electron chi connectivity index (χ2n) is 6.50. The monoisotopic (exact) mass is 390 g/mol. The van der Waals surface area contributed by atoms with Gasteiger partial charge in [0, 0.05) is 37.2 Å². The lowest BCUT2D eigenvalue weighted by atomic mass is 9.88. The molecule has 27 heavy (non-hydrogen) atoms. The second kappa shape index (κ2) is 9.08. The van der Waals surface area contributed by atoms with Crippen molar-refractivity contribution in [3.63, 3.8) is 0 Å². The van der Waals surface area contributed by atoms with Gasteiger partial charge in [0.15, 0.2) is 5.78 Å². The first-order valence-electron chi connectivity index (χ1n) is 8.78. The van der Waals surface area contributed by atoms with Crippen molar-refractivity contribution in [1.29, 1.82) is 0 Å². The first kappa shape index (κ1) is 19.5. The van der Waals surface area contributed by atoms with Crippen molar-refractivity contribution >= 4 is 23.5 Å². The fourth-order valence-electron chi connectivity index (χ4n) is 3.13. The lowest BCUT2D eigenvalue weighted by Gasteiger charge is -2.31. The van der Waals surface area contributed by atoms with Crippen molar-refractivity contribution in [2.45, 2.75) is 18.6 Å². The zero-order valence-electron chi connectivity index (χ0n) is 14.7. The average Bonchev–Trinajstić information content (AvgIpc) is 2.70. The molecule has 2 aromatic rings. The Morgan fingerprint density at radius 2 is 1.96 bits per heavy atom. The molecule has 1 saturated heterocycles. The van der Waals surface area contributed by atoms with E-state index in [0.717, 1.165) is 23.8 Å². The standard InChI is InChI=1S/C20H20F2N2O2S/c21-16-3-4-18(22)17(10-16)20(26)15-5-8-24(9-6-15)19(25)13-27-12-14-2-1-7-23-11-14/h1-4,7,10-11,15H,5-6,8-9,12-13H2. The summed E-state index contributed by atoms with van der Waals surface area (Å²) < 4.78 is 27.1. The van der Waals surface area contributed by atoms with Gasteiger partial charge in [-0.15, -0.1) is 11.8 Å². The van der Waals surface area contributed by atoms with Crippen LogP contribution in [0.5, 0.6) is 0 Å². The van der Waals surface area contributed by atoms with E-state index in [2.05, 4.69) is 4.98 Å². The summed E-state index contributed by atoms with van der Waals surface area (Å²) in [7, 11) is 0. The third-order valence-electron chi connectivity index (χ3n) is 4.63. The van der Waals surface area contributed by atoms with E-state index in [9.17, 15) is 18.4 Å². The van der Waals surface area contributed by atoms with Crippen LogP contribution in [0.1, 0.15) is 28.8 Å². The van der Waals surface area contributed by atoms with E-state index < -0.39 is 11.6 Å². The van der Waals surface area contributed by atoms with E-state index in [4.69, 9.17) is 0 Å². The molecule has 1 aliphatic heterocycles. The number of aromatic nitrogens is 1. The molecule has 1 aromatic carbocycles. The molecule has 0 N–H and O–H groups in total. The summed E-state index contributed by atoms with van der Waals surface area (Å²) in [6, 6.07) is 6.75. The largest absolute Gasteiger partial charge is 0.342 e. The molecule has 0 aliphatic carbocycles. The summed E-state index contributed by atoms with van der Waals surface area (Å²) in [5.74, 6) is -0.978. The van der Waals surface area contributed by atoms with E-state index >= 15 is 0 Å². The van der Waals surface area contributed by atoms with Gasteiger partial charge in [0.25, 0.3) is 0 Å². The van der Waals surface area contributed by atoms with Gasteiger partial charge < -0.3 is 4.90 Å². The summed E-state index contributed by atoms with van der Waals surface area (Å²) in [5.41, 5.74) is 0.864. The van der Waals surface area contributed by atoms with Crippen LogP contribution in [0.4, 0.5) is 8.78 Å². The Hall–Kier alpha value is -2.28. The lowest BCUT2D eigenvalue weighted by Crippen LogP contribution is -2.41. The number of hydrogen-bond acceptors (Lipinski definition) is 4. The molecule has 0 bridgehead atoms. The Labute approximate surface area is 161 Å². The molecule has 1 aliphatic rings. The maximum atomic E-state index is 13.8. The fraction of sp³-hybridized carbons (Fsp3) is 0.350. The van der Waals surface area contributed by atoms with Crippen molar-refractivity contribution in [3.8, 4) is 0 Å². The molecule has 0 atom stereocenters. The van der Waals surface area contributed by atoms with Gasteiger partial charge in [0.05, 0.1) is 11.3 Å². The number of ketones is 1. The fourth-order valence-corrected chi connectivity index (χ4v) is 3.99. The molecule has 0 spiro atoms. The number of rotatable bonds is 6. The van der Waals surface area contributed by atoms with Crippen molar-refractivity contribution in [2.24, 2.45) is 5.92 Å². The van der Waals surface area contributed by atoms with Gasteiger partial charge in [-0.05, 0) is 42.7 Å². The predicted octanol–water partition coefficient (Wildman–Crippen LogP) is 3.71. The van der Waals surface area contributed by atoms with Crippen LogP contribution in [-0.2, 0) is 10.5 Å². The highest BCUT2D eigenvalue weighted by Crippen LogP contribution is 2.24. The number of Topliss-reactive ketones (excluding diaryl/α,β-unsaturated/α-hetero) is 1. The maximum absolute atomic E-state index is 13.8. The third kappa shape index (κ3) is 5.13. The Morgan fingerprint density at radius 1 is 1.19 bits per heavy atom. The highest BCUT2D eigenvalue weighted by atomic mass is 32.2. The molecule has 142 valence electrons. The van der Waals surface area contributed by atoms with E-state index in [1.165, 1.54) is 11.8 Å². The highest BCUT2D eigenvalue weighted by Gasteiger charge is 2.29. The molecule has 7 heteroatoms. The van der Waals surface area contributed by atoms with E-state index in [-0.39, 0.29) is 23.2 Å². The Morgan fingerprint density at radius 3 is 2.67 bits per heavy atom.